The van der Waals surface area contributed by atoms with Gasteiger partial charge < -0.3 is 14.4 Å². The van der Waals surface area contributed by atoms with Crippen molar-refractivity contribution >= 4 is 0 Å². The molecule has 1 rings (SSSR count). The van der Waals surface area contributed by atoms with Crippen LogP contribution in [0.4, 0.5) is 0 Å². The lowest BCUT2D eigenvalue weighted by Gasteiger charge is -2.19. The average molecular weight is 618 g/mol. The molecule has 3 heteroatoms. The number of unbranched alkanes of at least 4 members (excludes halogenated alkanes) is 24. The third-order valence-electron chi connectivity index (χ3n) is 9.37. The Morgan fingerprint density at radius 2 is 0.682 bits per heavy atom. The van der Waals surface area contributed by atoms with Crippen molar-refractivity contribution in [3.05, 3.63) is 24.3 Å². The van der Waals surface area contributed by atoms with Crippen molar-refractivity contribution in [3.8, 4) is 0 Å². The Bertz CT molecular complexity index is 566. The van der Waals surface area contributed by atoms with E-state index in [1.165, 1.54) is 180 Å². The van der Waals surface area contributed by atoms with Gasteiger partial charge in [-0.1, -0.05) is 154 Å². The van der Waals surface area contributed by atoms with E-state index in [0.717, 1.165) is 26.3 Å². The standard InChI is InChI=1S/C41H79NO2/c1-4-6-8-10-12-14-16-18-20-22-24-26-28-30-32-34-36-43-40-38-42(3)39-41(40)44-37-35-33-31-29-27-25-23-21-19-17-15-13-11-9-7-5-2/h24-27,40-41H,4-23,28-39H2,1-3H3/t40-,41-/m1/s1. The van der Waals surface area contributed by atoms with Crippen LogP contribution in [0.1, 0.15) is 194 Å². The second kappa shape index (κ2) is 33.7. The highest BCUT2D eigenvalue weighted by Gasteiger charge is 2.32. The molecule has 1 saturated heterocycles. The predicted molar refractivity (Wildman–Crippen MR) is 196 cm³/mol. The maximum absolute atomic E-state index is 6.29. The summed E-state index contributed by atoms with van der Waals surface area (Å²) in [6.07, 6.45) is 48.1. The van der Waals surface area contributed by atoms with E-state index in [0.29, 0.717) is 0 Å². The third kappa shape index (κ3) is 27.7. The minimum absolute atomic E-state index is 0.250. The van der Waals surface area contributed by atoms with Crippen LogP contribution in [0, 0.1) is 0 Å². The maximum Gasteiger partial charge on any atom is 0.0975 e. The SMILES string of the molecule is CCCCCCCCCCCC=CCCCCCO[C@@H]1CN(C)C[C@H]1OCCCCCC=CCCCCCCCCCCC. The molecule has 0 spiro atoms. The number of ether oxygens (including phenoxy) is 2. The van der Waals surface area contributed by atoms with Crippen molar-refractivity contribution in [2.24, 2.45) is 0 Å². The third-order valence-corrected chi connectivity index (χ3v) is 9.37. The molecule has 1 heterocycles. The normalized spacial score (nSPS) is 17.6. The lowest BCUT2D eigenvalue weighted by molar-refractivity contribution is -0.0481. The van der Waals surface area contributed by atoms with E-state index in [9.17, 15) is 0 Å². The molecule has 0 saturated carbocycles. The van der Waals surface area contributed by atoms with Crippen LogP contribution in [0.5, 0.6) is 0 Å². The van der Waals surface area contributed by atoms with Gasteiger partial charge in [-0.05, 0) is 71.3 Å². The molecule has 1 aliphatic rings. The van der Waals surface area contributed by atoms with Gasteiger partial charge in [0.15, 0.2) is 0 Å². The summed E-state index contributed by atoms with van der Waals surface area (Å²) < 4.78 is 12.6. The Hall–Kier alpha value is -0.640. The van der Waals surface area contributed by atoms with Crippen molar-refractivity contribution in [1.29, 1.82) is 0 Å². The first-order chi connectivity index (χ1) is 21.8. The summed E-state index contributed by atoms with van der Waals surface area (Å²) in [4.78, 5) is 2.37. The summed E-state index contributed by atoms with van der Waals surface area (Å²) in [7, 11) is 2.20. The summed E-state index contributed by atoms with van der Waals surface area (Å²) in [5.41, 5.74) is 0. The van der Waals surface area contributed by atoms with Gasteiger partial charge in [-0.3, -0.25) is 0 Å². The molecule has 260 valence electrons. The molecule has 0 unspecified atom stereocenters. The van der Waals surface area contributed by atoms with Gasteiger partial charge in [0.1, 0.15) is 0 Å². The molecule has 0 aliphatic carbocycles. The van der Waals surface area contributed by atoms with Crippen LogP contribution < -0.4 is 0 Å². The fourth-order valence-corrected chi connectivity index (χ4v) is 6.41. The molecular formula is C41H79NO2. The van der Waals surface area contributed by atoms with Gasteiger partial charge >= 0.3 is 0 Å². The van der Waals surface area contributed by atoms with E-state index in [-0.39, 0.29) is 12.2 Å². The molecule has 0 radical (unpaired) electrons. The van der Waals surface area contributed by atoms with Crippen LogP contribution in [-0.4, -0.2) is 50.5 Å². The zero-order chi connectivity index (χ0) is 31.6. The highest BCUT2D eigenvalue weighted by Crippen LogP contribution is 2.18. The minimum Gasteiger partial charge on any atom is -0.374 e. The highest BCUT2D eigenvalue weighted by atomic mass is 16.5. The Morgan fingerprint density at radius 3 is 1.00 bits per heavy atom. The number of likely N-dealkylation sites (N-methyl/N-ethyl adjacent to an activating group) is 1. The van der Waals surface area contributed by atoms with Gasteiger partial charge in [0.2, 0.25) is 0 Å². The number of rotatable bonds is 34. The first-order valence-corrected chi connectivity index (χ1v) is 20.0. The molecule has 44 heavy (non-hydrogen) atoms. The van der Waals surface area contributed by atoms with Crippen LogP contribution in [-0.2, 0) is 9.47 Å². The van der Waals surface area contributed by atoms with Crippen molar-refractivity contribution < 1.29 is 9.47 Å². The van der Waals surface area contributed by atoms with Crippen LogP contribution in [0.3, 0.4) is 0 Å². The number of nitrogens with zero attached hydrogens (tertiary/aromatic N) is 1. The highest BCUT2D eigenvalue weighted by molar-refractivity contribution is 4.85. The number of hydrogen-bond acceptors (Lipinski definition) is 3. The van der Waals surface area contributed by atoms with Crippen molar-refractivity contribution in [1.82, 2.24) is 4.90 Å². The van der Waals surface area contributed by atoms with E-state index < -0.39 is 0 Å². The predicted octanol–water partition coefficient (Wildman–Crippen LogP) is 12.8. The monoisotopic (exact) mass is 618 g/mol. The van der Waals surface area contributed by atoms with Crippen molar-refractivity contribution in [3.63, 3.8) is 0 Å². The summed E-state index contributed by atoms with van der Waals surface area (Å²) in [5, 5.41) is 0. The Balaban J connectivity index is 1.89. The van der Waals surface area contributed by atoms with Crippen LogP contribution in [0.2, 0.25) is 0 Å². The second-order valence-corrected chi connectivity index (χ2v) is 13.9. The van der Waals surface area contributed by atoms with Gasteiger partial charge in [-0.2, -0.15) is 0 Å². The summed E-state index contributed by atoms with van der Waals surface area (Å²) in [6.45, 7) is 8.37. The maximum atomic E-state index is 6.29. The molecule has 0 N–H and O–H groups in total. The molecule has 1 aliphatic heterocycles. The van der Waals surface area contributed by atoms with Gasteiger partial charge in [0.05, 0.1) is 12.2 Å². The average Bonchev–Trinajstić information content (AvgIpc) is 3.38. The van der Waals surface area contributed by atoms with E-state index in [1.54, 1.807) is 0 Å². The van der Waals surface area contributed by atoms with Gasteiger partial charge in [-0.25, -0.2) is 0 Å². The van der Waals surface area contributed by atoms with Crippen LogP contribution in [0.15, 0.2) is 24.3 Å². The fourth-order valence-electron chi connectivity index (χ4n) is 6.41. The molecule has 0 bridgehead atoms. The zero-order valence-electron chi connectivity index (χ0n) is 30.4. The van der Waals surface area contributed by atoms with Crippen LogP contribution >= 0.6 is 0 Å². The van der Waals surface area contributed by atoms with Gasteiger partial charge in [-0.15, -0.1) is 0 Å². The van der Waals surface area contributed by atoms with Crippen molar-refractivity contribution in [2.45, 2.75) is 206 Å². The molecule has 2 atom stereocenters. The Kier molecular flexibility index (Phi) is 31.7. The topological polar surface area (TPSA) is 21.7 Å². The first-order valence-electron chi connectivity index (χ1n) is 20.0. The quantitative estimate of drug-likeness (QED) is 0.0529. The van der Waals surface area contributed by atoms with Crippen LogP contribution in [0.25, 0.3) is 0 Å². The zero-order valence-corrected chi connectivity index (χ0v) is 30.4. The Morgan fingerprint density at radius 1 is 0.409 bits per heavy atom. The second-order valence-electron chi connectivity index (χ2n) is 13.9. The van der Waals surface area contributed by atoms with E-state index in [2.05, 4.69) is 50.1 Å². The molecule has 0 amide bonds. The Labute approximate surface area is 277 Å². The largest absolute Gasteiger partial charge is 0.374 e. The lowest BCUT2D eigenvalue weighted by atomic mass is 10.1. The summed E-state index contributed by atoms with van der Waals surface area (Å²) in [5.74, 6) is 0. The number of allylic oxidation sites excluding steroid dienone is 4. The van der Waals surface area contributed by atoms with E-state index in [1.807, 2.05) is 0 Å². The molecule has 0 aromatic heterocycles. The fraction of sp³-hybridized carbons (Fsp3) is 0.902. The van der Waals surface area contributed by atoms with Gasteiger partial charge in [0.25, 0.3) is 0 Å². The van der Waals surface area contributed by atoms with E-state index >= 15 is 0 Å². The number of likely N-dealkylation sites (tertiary alicyclic amines) is 1. The molecule has 0 aromatic rings. The molecule has 1 fully saturated rings. The molecular weight excluding hydrogens is 538 g/mol. The summed E-state index contributed by atoms with van der Waals surface area (Å²) in [6, 6.07) is 0. The van der Waals surface area contributed by atoms with E-state index in [4.69, 9.17) is 9.47 Å². The van der Waals surface area contributed by atoms with Gasteiger partial charge in [0, 0.05) is 26.3 Å². The molecule has 3 nitrogen and oxygen atoms in total. The number of hydrogen-bond donors (Lipinski definition) is 0. The summed E-state index contributed by atoms with van der Waals surface area (Å²) >= 11 is 0. The van der Waals surface area contributed by atoms with Crippen molar-refractivity contribution in [2.75, 3.05) is 33.4 Å². The first kappa shape index (κ1) is 41.4. The lowest BCUT2D eigenvalue weighted by Crippen LogP contribution is -2.30. The molecule has 0 aromatic carbocycles. The minimum atomic E-state index is 0.250. The smallest absolute Gasteiger partial charge is 0.0975 e.